The molecule has 0 aliphatic heterocycles. The Bertz CT molecular complexity index is 213. The summed E-state index contributed by atoms with van der Waals surface area (Å²) in [6.45, 7) is 9.05. The van der Waals surface area contributed by atoms with Gasteiger partial charge in [0.15, 0.2) is 0 Å². The topological polar surface area (TPSA) is 67.8 Å². The van der Waals surface area contributed by atoms with Crippen LogP contribution in [0.1, 0.15) is 34.1 Å². The van der Waals surface area contributed by atoms with Gasteiger partial charge in [-0.2, -0.15) is 0 Å². The number of aliphatic hydroxyl groups excluding tert-OH is 1. The van der Waals surface area contributed by atoms with Crippen LogP contribution in [0.5, 0.6) is 0 Å². The predicted molar refractivity (Wildman–Crippen MR) is 65.9 cm³/mol. The lowest BCUT2D eigenvalue weighted by molar-refractivity contribution is 0.0501. The highest BCUT2D eigenvalue weighted by atomic mass is 16.6. The second-order valence-corrected chi connectivity index (χ2v) is 4.92. The Morgan fingerprint density at radius 1 is 1.41 bits per heavy atom. The molecule has 0 aromatic heterocycles. The van der Waals surface area contributed by atoms with Crippen molar-refractivity contribution >= 4 is 6.09 Å². The Morgan fingerprint density at radius 3 is 2.53 bits per heavy atom. The van der Waals surface area contributed by atoms with Gasteiger partial charge >= 0.3 is 6.09 Å². The van der Waals surface area contributed by atoms with Crippen LogP contribution in [0.2, 0.25) is 0 Å². The first-order valence-corrected chi connectivity index (χ1v) is 6.04. The average molecular weight is 247 g/mol. The molecule has 1 unspecified atom stereocenters. The van der Waals surface area contributed by atoms with Gasteiger partial charge in [0, 0.05) is 32.3 Å². The Hall–Kier alpha value is -0.810. The summed E-state index contributed by atoms with van der Waals surface area (Å²) in [5, 5.41) is 11.8. The van der Waals surface area contributed by atoms with E-state index in [1.807, 2.05) is 27.7 Å². The van der Waals surface area contributed by atoms with Gasteiger partial charge in [-0.3, -0.25) is 0 Å². The fourth-order valence-electron chi connectivity index (χ4n) is 1.19. The molecule has 5 nitrogen and oxygen atoms in total. The van der Waals surface area contributed by atoms with E-state index in [0.717, 1.165) is 6.42 Å². The molecule has 0 aromatic rings. The SMILES string of the molecule is CCOCCC(CO)CNC(=O)OC(C)(C)C. The maximum atomic E-state index is 11.4. The molecule has 1 atom stereocenters. The standard InChI is InChI=1S/C12H25NO4/c1-5-16-7-6-10(9-14)8-13-11(15)17-12(2,3)4/h10,14H,5-9H2,1-4H3,(H,13,15). The minimum absolute atomic E-state index is 0.00840. The molecule has 5 heteroatoms. The van der Waals surface area contributed by atoms with E-state index in [9.17, 15) is 4.79 Å². The molecule has 0 aliphatic rings. The minimum atomic E-state index is -0.496. The molecule has 17 heavy (non-hydrogen) atoms. The lowest BCUT2D eigenvalue weighted by atomic mass is 10.1. The number of rotatable bonds is 7. The summed E-state index contributed by atoms with van der Waals surface area (Å²) < 4.78 is 10.3. The molecule has 0 radical (unpaired) electrons. The second kappa shape index (κ2) is 8.31. The Labute approximate surface area is 103 Å². The zero-order valence-corrected chi connectivity index (χ0v) is 11.3. The third kappa shape index (κ3) is 10.1. The van der Waals surface area contributed by atoms with Gasteiger partial charge < -0.3 is 19.9 Å². The second-order valence-electron chi connectivity index (χ2n) is 4.92. The van der Waals surface area contributed by atoms with Crippen molar-refractivity contribution in [1.82, 2.24) is 5.32 Å². The van der Waals surface area contributed by atoms with Gasteiger partial charge in [0.25, 0.3) is 0 Å². The minimum Gasteiger partial charge on any atom is -0.444 e. The van der Waals surface area contributed by atoms with E-state index in [1.54, 1.807) is 0 Å². The number of amides is 1. The van der Waals surface area contributed by atoms with E-state index < -0.39 is 11.7 Å². The van der Waals surface area contributed by atoms with Crippen LogP contribution in [0.3, 0.4) is 0 Å². The number of aliphatic hydroxyl groups is 1. The summed E-state index contributed by atoms with van der Waals surface area (Å²) in [6, 6.07) is 0. The fraction of sp³-hybridized carbons (Fsp3) is 0.917. The smallest absolute Gasteiger partial charge is 0.407 e. The molecule has 0 aromatic carbocycles. The van der Waals surface area contributed by atoms with Crippen molar-refractivity contribution in [2.45, 2.75) is 39.7 Å². The van der Waals surface area contributed by atoms with E-state index in [2.05, 4.69) is 5.32 Å². The van der Waals surface area contributed by atoms with Gasteiger partial charge in [-0.25, -0.2) is 4.79 Å². The summed E-state index contributed by atoms with van der Waals surface area (Å²) in [7, 11) is 0. The van der Waals surface area contributed by atoms with Crippen LogP contribution < -0.4 is 5.32 Å². The largest absolute Gasteiger partial charge is 0.444 e. The first kappa shape index (κ1) is 16.2. The number of nitrogens with one attached hydrogen (secondary N) is 1. The average Bonchev–Trinajstić information content (AvgIpc) is 2.20. The maximum absolute atomic E-state index is 11.4. The molecule has 0 fully saturated rings. The molecule has 0 rings (SSSR count). The molecular weight excluding hydrogens is 222 g/mol. The number of ether oxygens (including phenoxy) is 2. The van der Waals surface area contributed by atoms with Gasteiger partial charge in [0.2, 0.25) is 0 Å². The van der Waals surface area contributed by atoms with Crippen molar-refractivity contribution in [2.75, 3.05) is 26.4 Å². The van der Waals surface area contributed by atoms with E-state index in [1.165, 1.54) is 0 Å². The van der Waals surface area contributed by atoms with Crippen LogP contribution in [0.4, 0.5) is 4.79 Å². The van der Waals surface area contributed by atoms with Gasteiger partial charge in [-0.05, 0) is 34.1 Å². The van der Waals surface area contributed by atoms with Crippen LogP contribution in [0, 0.1) is 5.92 Å². The number of hydrogen-bond acceptors (Lipinski definition) is 4. The fourth-order valence-corrected chi connectivity index (χ4v) is 1.19. The van der Waals surface area contributed by atoms with Gasteiger partial charge in [-0.15, -0.1) is 0 Å². The molecule has 0 saturated carbocycles. The first-order chi connectivity index (χ1) is 7.89. The summed E-state index contributed by atoms with van der Waals surface area (Å²) >= 11 is 0. The summed E-state index contributed by atoms with van der Waals surface area (Å²) in [6.07, 6.45) is 0.271. The van der Waals surface area contributed by atoms with Crippen LogP contribution in [0.15, 0.2) is 0 Å². The Kier molecular flexibility index (Phi) is 7.91. The predicted octanol–water partition coefficient (Wildman–Crippen LogP) is 1.55. The maximum Gasteiger partial charge on any atom is 0.407 e. The Morgan fingerprint density at radius 2 is 2.06 bits per heavy atom. The van der Waals surface area contributed by atoms with E-state index >= 15 is 0 Å². The van der Waals surface area contributed by atoms with Crippen molar-refractivity contribution < 1.29 is 19.4 Å². The molecular formula is C12H25NO4. The highest BCUT2D eigenvalue weighted by molar-refractivity contribution is 5.67. The zero-order valence-electron chi connectivity index (χ0n) is 11.3. The first-order valence-electron chi connectivity index (χ1n) is 6.04. The highest BCUT2D eigenvalue weighted by Gasteiger charge is 2.17. The molecule has 0 saturated heterocycles. The summed E-state index contributed by atoms with van der Waals surface area (Å²) in [4.78, 5) is 11.4. The zero-order chi connectivity index (χ0) is 13.3. The van der Waals surface area contributed by atoms with E-state index in [4.69, 9.17) is 14.6 Å². The number of alkyl carbamates (subject to hydrolysis) is 1. The lowest BCUT2D eigenvalue weighted by Crippen LogP contribution is -2.36. The van der Waals surface area contributed by atoms with Crippen LogP contribution in [-0.2, 0) is 9.47 Å². The highest BCUT2D eigenvalue weighted by Crippen LogP contribution is 2.07. The summed E-state index contributed by atoms with van der Waals surface area (Å²) in [5.74, 6) is 0.00840. The normalized spacial score (nSPS) is 13.2. The number of carbonyl (C=O) groups excluding carboxylic acids is 1. The van der Waals surface area contributed by atoms with Gasteiger partial charge in [-0.1, -0.05) is 0 Å². The molecule has 1 amide bonds. The van der Waals surface area contributed by atoms with Crippen LogP contribution in [0.25, 0.3) is 0 Å². The van der Waals surface area contributed by atoms with E-state index in [-0.39, 0.29) is 12.5 Å². The molecule has 0 bridgehead atoms. The quantitative estimate of drug-likeness (QED) is 0.670. The van der Waals surface area contributed by atoms with Crippen molar-refractivity contribution in [3.8, 4) is 0 Å². The number of hydrogen-bond donors (Lipinski definition) is 2. The Balaban J connectivity index is 3.78. The van der Waals surface area contributed by atoms with Crippen LogP contribution in [-0.4, -0.2) is 43.2 Å². The number of carbonyl (C=O) groups is 1. The molecule has 2 N–H and O–H groups in total. The third-order valence-corrected chi connectivity index (χ3v) is 2.07. The monoisotopic (exact) mass is 247 g/mol. The van der Waals surface area contributed by atoms with Gasteiger partial charge in [0.1, 0.15) is 5.60 Å². The van der Waals surface area contributed by atoms with Crippen molar-refractivity contribution in [1.29, 1.82) is 0 Å². The molecule has 102 valence electrons. The van der Waals surface area contributed by atoms with E-state index in [0.29, 0.717) is 19.8 Å². The lowest BCUT2D eigenvalue weighted by Gasteiger charge is -2.21. The van der Waals surface area contributed by atoms with Gasteiger partial charge in [0.05, 0.1) is 0 Å². The third-order valence-electron chi connectivity index (χ3n) is 2.07. The molecule has 0 spiro atoms. The van der Waals surface area contributed by atoms with Crippen LogP contribution >= 0.6 is 0 Å². The summed E-state index contributed by atoms with van der Waals surface area (Å²) in [5.41, 5.74) is -0.496. The van der Waals surface area contributed by atoms with Crippen molar-refractivity contribution in [3.63, 3.8) is 0 Å². The molecule has 0 aliphatic carbocycles. The van der Waals surface area contributed by atoms with Crippen molar-refractivity contribution in [2.24, 2.45) is 5.92 Å². The van der Waals surface area contributed by atoms with Crippen molar-refractivity contribution in [3.05, 3.63) is 0 Å². The molecule has 0 heterocycles.